The summed E-state index contributed by atoms with van der Waals surface area (Å²) >= 11 is 0. The maximum atomic E-state index is 11.7. The van der Waals surface area contributed by atoms with Gasteiger partial charge >= 0.3 is 10.1 Å². The molecule has 6 nitrogen and oxygen atoms in total. The highest BCUT2D eigenvalue weighted by Crippen LogP contribution is 2.30. The molecule has 0 saturated carbocycles. The molecule has 4 N–H and O–H groups in total. The van der Waals surface area contributed by atoms with E-state index in [0.29, 0.717) is 10.9 Å². The molecule has 0 aliphatic heterocycles. The third-order valence-corrected chi connectivity index (χ3v) is 3.85. The van der Waals surface area contributed by atoms with Gasteiger partial charge in [0.25, 0.3) is 0 Å². The number of nitrogens with one attached hydrogen (secondary N) is 2. The standard InChI is InChI=1S/C10H9N3O3S/c11-16-17(14,15)9-5-8-10(13-12-8)7-4-2-1-3-6(7)9/h1-5,12-13H,11H2. The summed E-state index contributed by atoms with van der Waals surface area (Å²) < 4.78 is 27.5. The summed E-state index contributed by atoms with van der Waals surface area (Å²) in [7, 11) is -3.92. The zero-order valence-corrected chi connectivity index (χ0v) is 9.41. The summed E-state index contributed by atoms with van der Waals surface area (Å²) in [5.41, 5.74) is 1.58. The van der Waals surface area contributed by atoms with E-state index in [4.69, 9.17) is 5.90 Å². The molecule has 0 atom stereocenters. The molecular weight excluding hydrogens is 242 g/mol. The maximum absolute atomic E-state index is 11.7. The second-order valence-electron chi connectivity index (χ2n) is 3.64. The van der Waals surface area contributed by atoms with Gasteiger partial charge in [0.15, 0.2) is 0 Å². The minimum atomic E-state index is -3.92. The van der Waals surface area contributed by atoms with E-state index in [1.165, 1.54) is 6.07 Å². The van der Waals surface area contributed by atoms with Gasteiger partial charge in [0.2, 0.25) is 0 Å². The van der Waals surface area contributed by atoms with Crippen molar-refractivity contribution in [2.75, 3.05) is 0 Å². The van der Waals surface area contributed by atoms with Crippen molar-refractivity contribution in [2.45, 2.75) is 4.90 Å². The Hall–Kier alpha value is -1.83. The van der Waals surface area contributed by atoms with Crippen LogP contribution in [0.1, 0.15) is 0 Å². The van der Waals surface area contributed by atoms with Gasteiger partial charge < -0.3 is 0 Å². The first-order chi connectivity index (χ1) is 8.13. The van der Waals surface area contributed by atoms with Gasteiger partial charge in [-0.15, -0.1) is 0 Å². The number of hydrogen-bond acceptors (Lipinski definition) is 4. The number of aromatic nitrogens is 2. The van der Waals surface area contributed by atoms with Crippen LogP contribution in [0.4, 0.5) is 0 Å². The van der Waals surface area contributed by atoms with E-state index >= 15 is 0 Å². The molecule has 0 radical (unpaired) electrons. The lowest BCUT2D eigenvalue weighted by Crippen LogP contribution is -2.12. The van der Waals surface area contributed by atoms with Crippen molar-refractivity contribution in [3.63, 3.8) is 0 Å². The zero-order chi connectivity index (χ0) is 12.0. The molecule has 88 valence electrons. The van der Waals surface area contributed by atoms with Crippen LogP contribution in [0.15, 0.2) is 35.2 Å². The van der Waals surface area contributed by atoms with Gasteiger partial charge in [0.1, 0.15) is 4.90 Å². The van der Waals surface area contributed by atoms with Crippen LogP contribution in [0, 0.1) is 0 Å². The Morgan fingerprint density at radius 3 is 2.41 bits per heavy atom. The molecule has 0 amide bonds. The second kappa shape index (κ2) is 3.33. The molecule has 0 bridgehead atoms. The highest BCUT2D eigenvalue weighted by atomic mass is 32.2. The summed E-state index contributed by atoms with van der Waals surface area (Å²) in [6, 6.07) is 8.63. The van der Waals surface area contributed by atoms with Gasteiger partial charge in [0.05, 0.1) is 11.0 Å². The van der Waals surface area contributed by atoms with Crippen LogP contribution < -0.4 is 5.90 Å². The van der Waals surface area contributed by atoms with Crippen molar-refractivity contribution >= 4 is 31.9 Å². The normalized spacial score (nSPS) is 12.5. The monoisotopic (exact) mass is 251 g/mol. The molecule has 0 saturated heterocycles. The summed E-state index contributed by atoms with van der Waals surface area (Å²) in [5, 5.41) is 7.10. The lowest BCUT2D eigenvalue weighted by atomic mass is 10.1. The van der Waals surface area contributed by atoms with Gasteiger partial charge in [-0.3, -0.25) is 10.2 Å². The van der Waals surface area contributed by atoms with E-state index in [2.05, 4.69) is 14.5 Å². The first-order valence-electron chi connectivity index (χ1n) is 4.84. The summed E-state index contributed by atoms with van der Waals surface area (Å²) in [4.78, 5) is 0.0587. The minimum Gasteiger partial charge on any atom is -0.299 e. The second-order valence-corrected chi connectivity index (χ2v) is 5.18. The molecule has 0 fully saturated rings. The molecule has 0 unspecified atom stereocenters. The molecular formula is C10H9N3O3S. The molecule has 3 rings (SSSR count). The van der Waals surface area contributed by atoms with Crippen molar-refractivity contribution < 1.29 is 12.7 Å². The molecule has 1 heterocycles. The number of H-pyrrole nitrogens is 2. The molecule has 2 aromatic carbocycles. The van der Waals surface area contributed by atoms with Crippen molar-refractivity contribution in [3.05, 3.63) is 30.3 Å². The minimum absolute atomic E-state index is 0.0587. The summed E-state index contributed by atoms with van der Waals surface area (Å²) in [6.07, 6.45) is 0. The highest BCUT2D eigenvalue weighted by molar-refractivity contribution is 7.87. The Balaban J connectivity index is 2.51. The van der Waals surface area contributed by atoms with E-state index in [1.807, 2.05) is 12.1 Å². The Kier molecular flexibility index (Phi) is 2.02. The fraction of sp³-hybridized carbons (Fsp3) is 0. The van der Waals surface area contributed by atoms with Crippen LogP contribution >= 0.6 is 0 Å². The third-order valence-electron chi connectivity index (χ3n) is 2.72. The van der Waals surface area contributed by atoms with Gasteiger partial charge in [-0.25, -0.2) is 0 Å². The molecule has 17 heavy (non-hydrogen) atoms. The molecule has 0 aliphatic rings. The number of nitrogens with two attached hydrogens (primary N) is 1. The fourth-order valence-corrected chi connectivity index (χ4v) is 2.71. The van der Waals surface area contributed by atoms with Gasteiger partial charge in [-0.1, -0.05) is 24.3 Å². The third kappa shape index (κ3) is 1.37. The van der Waals surface area contributed by atoms with Crippen molar-refractivity contribution in [1.29, 1.82) is 0 Å². The number of hydrogen-bond donors (Lipinski definition) is 3. The van der Waals surface area contributed by atoms with Crippen LogP contribution in [0.3, 0.4) is 0 Å². The van der Waals surface area contributed by atoms with E-state index in [-0.39, 0.29) is 4.90 Å². The Morgan fingerprint density at radius 2 is 1.82 bits per heavy atom. The first kappa shape index (κ1) is 10.3. The molecule has 0 aliphatic carbocycles. The van der Waals surface area contributed by atoms with Crippen molar-refractivity contribution in [2.24, 2.45) is 5.90 Å². The molecule has 7 heteroatoms. The molecule has 1 aromatic heterocycles. The Morgan fingerprint density at radius 1 is 1.12 bits per heavy atom. The van der Waals surface area contributed by atoms with E-state index in [0.717, 1.165) is 10.9 Å². The van der Waals surface area contributed by atoms with Gasteiger partial charge in [0, 0.05) is 10.8 Å². The lowest BCUT2D eigenvalue weighted by Gasteiger charge is -2.11. The topological polar surface area (TPSA) is 101 Å². The highest BCUT2D eigenvalue weighted by Gasteiger charge is 2.20. The number of fused-ring (bicyclic) bond motifs is 3. The predicted octanol–water partition coefficient (Wildman–Crippen LogP) is 1.23. The van der Waals surface area contributed by atoms with Crippen molar-refractivity contribution in [3.8, 4) is 0 Å². The molecule has 3 aromatic rings. The summed E-state index contributed by atoms with van der Waals surface area (Å²) in [6.45, 7) is 0. The Labute approximate surface area is 96.4 Å². The fourth-order valence-electron chi connectivity index (χ4n) is 1.90. The average molecular weight is 251 g/mol. The first-order valence-corrected chi connectivity index (χ1v) is 6.25. The smallest absolute Gasteiger partial charge is 0.299 e. The maximum Gasteiger partial charge on any atom is 0.313 e. The van der Waals surface area contributed by atoms with Gasteiger partial charge in [-0.05, 0) is 6.07 Å². The van der Waals surface area contributed by atoms with Crippen LogP contribution in [0.2, 0.25) is 0 Å². The SMILES string of the molecule is NOS(=O)(=O)c1cc2[nH][nH]c2c2ccccc12. The van der Waals surface area contributed by atoms with Crippen LogP contribution in [-0.2, 0) is 14.4 Å². The number of rotatable bonds is 2. The van der Waals surface area contributed by atoms with Gasteiger partial charge in [-0.2, -0.15) is 18.6 Å². The number of benzene rings is 2. The van der Waals surface area contributed by atoms with E-state index in [9.17, 15) is 8.42 Å². The van der Waals surface area contributed by atoms with Crippen LogP contribution in [-0.4, -0.2) is 18.6 Å². The zero-order valence-electron chi connectivity index (χ0n) is 8.60. The Bertz CT molecular complexity index is 801. The van der Waals surface area contributed by atoms with Crippen LogP contribution in [0.25, 0.3) is 21.8 Å². The predicted molar refractivity (Wildman–Crippen MR) is 62.6 cm³/mol. The van der Waals surface area contributed by atoms with E-state index in [1.54, 1.807) is 12.1 Å². The summed E-state index contributed by atoms with van der Waals surface area (Å²) in [5.74, 6) is 4.81. The van der Waals surface area contributed by atoms with Crippen molar-refractivity contribution in [1.82, 2.24) is 10.2 Å². The molecule has 0 spiro atoms. The van der Waals surface area contributed by atoms with E-state index < -0.39 is 10.1 Å². The number of aromatic amines is 2. The van der Waals surface area contributed by atoms with Crippen LogP contribution in [0.5, 0.6) is 0 Å². The average Bonchev–Trinajstić information content (AvgIpc) is 2.29. The quantitative estimate of drug-likeness (QED) is 0.596. The largest absolute Gasteiger partial charge is 0.313 e. The lowest BCUT2D eigenvalue weighted by molar-refractivity contribution is 0.333.